The number of ether oxygens (including phenoxy) is 1. The Balaban J connectivity index is 2.20. The summed E-state index contributed by atoms with van der Waals surface area (Å²) in [5.74, 6) is 0.0521. The molecule has 0 spiro atoms. The Hall–Kier alpha value is -1.84. The second-order valence-corrected chi connectivity index (χ2v) is 6.55. The first-order valence-corrected chi connectivity index (χ1v) is 7.34. The molecule has 1 fully saturated rings. The van der Waals surface area contributed by atoms with Crippen LogP contribution in [-0.2, 0) is 9.53 Å². The van der Waals surface area contributed by atoms with E-state index in [0.717, 1.165) is 23.8 Å². The van der Waals surface area contributed by atoms with E-state index in [4.69, 9.17) is 4.74 Å². The SMILES string of the molecule is Cc1ccccc1[C@@H]1CCN(C(=O)OC(C)(C)C)[C@@H]1C=O. The van der Waals surface area contributed by atoms with Crippen molar-refractivity contribution in [1.82, 2.24) is 4.90 Å². The molecule has 0 aliphatic carbocycles. The average molecular weight is 289 g/mol. The Morgan fingerprint density at radius 1 is 1.33 bits per heavy atom. The maximum absolute atomic E-state index is 12.2. The van der Waals surface area contributed by atoms with E-state index in [1.807, 2.05) is 52.0 Å². The minimum absolute atomic E-state index is 0.0521. The van der Waals surface area contributed by atoms with Crippen LogP contribution < -0.4 is 0 Å². The summed E-state index contributed by atoms with van der Waals surface area (Å²) in [5.41, 5.74) is 1.74. The minimum Gasteiger partial charge on any atom is -0.444 e. The van der Waals surface area contributed by atoms with E-state index >= 15 is 0 Å². The fourth-order valence-corrected chi connectivity index (χ4v) is 2.86. The van der Waals surface area contributed by atoms with Gasteiger partial charge in [-0.1, -0.05) is 24.3 Å². The standard InChI is InChI=1S/C17H23NO3/c1-12-7-5-6-8-13(12)14-9-10-18(15(14)11-19)16(20)21-17(2,3)4/h5-8,11,14-15H,9-10H2,1-4H3/t14-,15+/m0/s1. The van der Waals surface area contributed by atoms with Gasteiger partial charge in [-0.15, -0.1) is 0 Å². The summed E-state index contributed by atoms with van der Waals surface area (Å²) < 4.78 is 5.40. The molecular weight excluding hydrogens is 266 g/mol. The molecule has 0 saturated carbocycles. The Morgan fingerprint density at radius 2 is 2.00 bits per heavy atom. The summed E-state index contributed by atoms with van der Waals surface area (Å²) >= 11 is 0. The predicted octanol–water partition coefficient (Wildman–Crippen LogP) is 3.29. The highest BCUT2D eigenvalue weighted by Crippen LogP contribution is 2.34. The summed E-state index contributed by atoms with van der Waals surface area (Å²) in [4.78, 5) is 25.3. The van der Waals surface area contributed by atoms with Gasteiger partial charge in [0.25, 0.3) is 0 Å². The topological polar surface area (TPSA) is 46.6 Å². The molecule has 1 aliphatic rings. The van der Waals surface area contributed by atoms with Gasteiger partial charge in [0, 0.05) is 12.5 Å². The monoisotopic (exact) mass is 289 g/mol. The Kier molecular flexibility index (Phi) is 4.35. The molecule has 4 heteroatoms. The molecule has 1 aromatic rings. The zero-order chi connectivity index (χ0) is 15.6. The van der Waals surface area contributed by atoms with Crippen molar-refractivity contribution in [1.29, 1.82) is 0 Å². The number of nitrogens with zero attached hydrogens (tertiary/aromatic N) is 1. The Bertz CT molecular complexity index is 533. The highest BCUT2D eigenvalue weighted by Gasteiger charge is 2.40. The zero-order valence-corrected chi connectivity index (χ0v) is 13.1. The lowest BCUT2D eigenvalue weighted by molar-refractivity contribution is -0.112. The number of hydrogen-bond acceptors (Lipinski definition) is 3. The van der Waals surface area contributed by atoms with Crippen LogP contribution >= 0.6 is 0 Å². The summed E-state index contributed by atoms with van der Waals surface area (Å²) in [7, 11) is 0. The van der Waals surface area contributed by atoms with Crippen molar-refractivity contribution in [3.05, 3.63) is 35.4 Å². The first kappa shape index (κ1) is 15.5. The molecule has 0 bridgehead atoms. The van der Waals surface area contributed by atoms with Crippen LogP contribution in [-0.4, -0.2) is 35.5 Å². The van der Waals surface area contributed by atoms with Crippen LogP contribution in [0.4, 0.5) is 4.79 Å². The van der Waals surface area contributed by atoms with Crippen LogP contribution in [0.5, 0.6) is 0 Å². The van der Waals surface area contributed by atoms with Gasteiger partial charge in [0.15, 0.2) is 0 Å². The number of aryl methyl sites for hydroxylation is 1. The van der Waals surface area contributed by atoms with Crippen LogP contribution in [0.1, 0.15) is 44.2 Å². The summed E-state index contributed by atoms with van der Waals surface area (Å²) in [6, 6.07) is 7.58. The third-order valence-electron chi connectivity index (χ3n) is 3.81. The highest BCUT2D eigenvalue weighted by molar-refractivity contribution is 5.75. The largest absolute Gasteiger partial charge is 0.444 e. The number of carbonyl (C=O) groups is 2. The van der Waals surface area contributed by atoms with E-state index in [2.05, 4.69) is 0 Å². The molecule has 1 amide bonds. The zero-order valence-electron chi connectivity index (χ0n) is 13.1. The van der Waals surface area contributed by atoms with Gasteiger partial charge >= 0.3 is 6.09 Å². The minimum atomic E-state index is -0.550. The number of carbonyl (C=O) groups excluding carboxylic acids is 2. The lowest BCUT2D eigenvalue weighted by Gasteiger charge is -2.28. The number of rotatable bonds is 2. The lowest BCUT2D eigenvalue weighted by atomic mass is 9.89. The van der Waals surface area contributed by atoms with Crippen molar-refractivity contribution in [2.24, 2.45) is 0 Å². The number of likely N-dealkylation sites (tertiary alicyclic amines) is 1. The summed E-state index contributed by atoms with van der Waals surface area (Å²) in [5, 5.41) is 0. The molecule has 2 atom stereocenters. The van der Waals surface area contributed by atoms with Crippen LogP contribution in [0, 0.1) is 6.92 Å². The van der Waals surface area contributed by atoms with E-state index in [1.54, 1.807) is 4.90 Å². The third kappa shape index (κ3) is 3.43. The van der Waals surface area contributed by atoms with E-state index < -0.39 is 17.7 Å². The lowest BCUT2D eigenvalue weighted by Crippen LogP contribution is -2.41. The Morgan fingerprint density at radius 3 is 2.57 bits per heavy atom. The molecule has 0 N–H and O–H groups in total. The van der Waals surface area contributed by atoms with E-state index in [1.165, 1.54) is 0 Å². The predicted molar refractivity (Wildman–Crippen MR) is 81.3 cm³/mol. The second kappa shape index (κ2) is 5.88. The second-order valence-electron chi connectivity index (χ2n) is 6.55. The number of aldehydes is 1. The smallest absolute Gasteiger partial charge is 0.410 e. The van der Waals surface area contributed by atoms with E-state index in [-0.39, 0.29) is 5.92 Å². The molecule has 4 nitrogen and oxygen atoms in total. The average Bonchev–Trinajstić information content (AvgIpc) is 2.80. The third-order valence-corrected chi connectivity index (χ3v) is 3.81. The van der Waals surface area contributed by atoms with E-state index in [0.29, 0.717) is 6.54 Å². The van der Waals surface area contributed by atoms with Crippen molar-refractivity contribution in [2.45, 2.75) is 51.7 Å². The highest BCUT2D eigenvalue weighted by atomic mass is 16.6. The molecule has 21 heavy (non-hydrogen) atoms. The molecule has 0 unspecified atom stereocenters. The number of benzene rings is 1. The van der Waals surface area contributed by atoms with Crippen molar-refractivity contribution >= 4 is 12.4 Å². The van der Waals surface area contributed by atoms with Gasteiger partial charge < -0.3 is 9.53 Å². The maximum Gasteiger partial charge on any atom is 0.410 e. The van der Waals surface area contributed by atoms with Crippen molar-refractivity contribution in [3.63, 3.8) is 0 Å². The summed E-state index contributed by atoms with van der Waals surface area (Å²) in [6.07, 6.45) is 1.25. The van der Waals surface area contributed by atoms with Gasteiger partial charge in [-0.25, -0.2) is 4.79 Å². The van der Waals surface area contributed by atoms with Crippen molar-refractivity contribution < 1.29 is 14.3 Å². The molecule has 1 aliphatic heterocycles. The van der Waals surface area contributed by atoms with Gasteiger partial charge in [-0.2, -0.15) is 0 Å². The van der Waals surface area contributed by atoms with Gasteiger partial charge in [0.05, 0.1) is 6.04 Å². The maximum atomic E-state index is 12.2. The fourth-order valence-electron chi connectivity index (χ4n) is 2.86. The van der Waals surface area contributed by atoms with Gasteiger partial charge in [0.1, 0.15) is 11.9 Å². The van der Waals surface area contributed by atoms with Crippen LogP contribution in [0.3, 0.4) is 0 Å². The molecule has 1 heterocycles. The van der Waals surface area contributed by atoms with Crippen molar-refractivity contribution in [3.8, 4) is 0 Å². The molecule has 2 rings (SSSR count). The first-order valence-electron chi connectivity index (χ1n) is 7.34. The molecule has 1 aromatic carbocycles. The normalized spacial score (nSPS) is 22.2. The summed E-state index contributed by atoms with van der Waals surface area (Å²) in [6.45, 7) is 8.08. The molecule has 1 saturated heterocycles. The van der Waals surface area contributed by atoms with Crippen molar-refractivity contribution in [2.75, 3.05) is 6.54 Å². The molecule has 0 radical (unpaired) electrons. The quantitative estimate of drug-likeness (QED) is 0.785. The number of amides is 1. The van der Waals surface area contributed by atoms with Gasteiger partial charge in [-0.05, 0) is 45.2 Å². The van der Waals surface area contributed by atoms with Crippen LogP contribution in [0.25, 0.3) is 0 Å². The van der Waals surface area contributed by atoms with E-state index in [9.17, 15) is 9.59 Å². The first-order chi connectivity index (χ1) is 9.83. The Labute approximate surface area is 126 Å². The molecule has 114 valence electrons. The van der Waals surface area contributed by atoms with Crippen LogP contribution in [0.2, 0.25) is 0 Å². The fraction of sp³-hybridized carbons (Fsp3) is 0.529. The van der Waals surface area contributed by atoms with Crippen LogP contribution in [0.15, 0.2) is 24.3 Å². The molecular formula is C17H23NO3. The van der Waals surface area contributed by atoms with Gasteiger partial charge in [-0.3, -0.25) is 4.90 Å². The molecule has 0 aromatic heterocycles. The van der Waals surface area contributed by atoms with Gasteiger partial charge in [0.2, 0.25) is 0 Å². The number of hydrogen-bond donors (Lipinski definition) is 0.